The monoisotopic (exact) mass is 355 g/mol. The first-order valence-corrected chi connectivity index (χ1v) is 8.75. The predicted molar refractivity (Wildman–Crippen MR) is 101 cm³/mol. The van der Waals surface area contributed by atoms with Crippen LogP contribution >= 0.6 is 0 Å². The first-order chi connectivity index (χ1) is 12.6. The number of hydrogen-bond acceptors (Lipinski definition) is 6. The predicted octanol–water partition coefficient (Wildman–Crippen LogP) is 1.32. The normalized spacial score (nSPS) is 19.5. The number of hydrogen-bond donors (Lipinski definition) is 2. The standard InChI is InChI=1S/C19H25N5O2/c1-13-5-3-4-6-14(13)7-19(25)21-10-15-8-16(26-2)11-24(15)18-9-17(20)22-12-23-18/h3-6,9,12,15-16H,7-8,10-11H2,1-2H3,(H,21,25)(H2,20,22,23)/t15-,16-/m1/s1. The molecule has 1 aromatic heterocycles. The summed E-state index contributed by atoms with van der Waals surface area (Å²) in [5, 5.41) is 3.05. The highest BCUT2D eigenvalue weighted by molar-refractivity contribution is 5.79. The van der Waals surface area contributed by atoms with E-state index in [1.165, 1.54) is 6.33 Å². The lowest BCUT2D eigenvalue weighted by atomic mass is 10.1. The third-order valence-corrected chi connectivity index (χ3v) is 4.82. The van der Waals surface area contributed by atoms with Gasteiger partial charge in [0.1, 0.15) is 18.0 Å². The van der Waals surface area contributed by atoms with Crippen LogP contribution in [0.4, 0.5) is 11.6 Å². The summed E-state index contributed by atoms with van der Waals surface area (Å²) in [7, 11) is 1.70. The Bertz CT molecular complexity index is 767. The molecule has 1 aliphatic heterocycles. The Labute approximate surface area is 153 Å². The molecule has 2 heterocycles. The van der Waals surface area contributed by atoms with Gasteiger partial charge in [0.05, 0.1) is 18.6 Å². The van der Waals surface area contributed by atoms with Gasteiger partial charge >= 0.3 is 0 Å². The summed E-state index contributed by atoms with van der Waals surface area (Å²) < 4.78 is 5.51. The fourth-order valence-corrected chi connectivity index (χ4v) is 3.31. The van der Waals surface area contributed by atoms with Crippen LogP contribution in [0.3, 0.4) is 0 Å². The zero-order valence-electron chi connectivity index (χ0n) is 15.2. The molecule has 1 aromatic carbocycles. The fraction of sp³-hybridized carbons (Fsp3) is 0.421. The number of benzene rings is 1. The van der Waals surface area contributed by atoms with E-state index < -0.39 is 0 Å². The van der Waals surface area contributed by atoms with Crippen LogP contribution in [0, 0.1) is 6.92 Å². The number of carbonyl (C=O) groups is 1. The average Bonchev–Trinajstić information content (AvgIpc) is 3.05. The van der Waals surface area contributed by atoms with Crippen molar-refractivity contribution in [2.45, 2.75) is 31.9 Å². The van der Waals surface area contributed by atoms with Gasteiger partial charge in [-0.3, -0.25) is 4.79 Å². The molecule has 3 N–H and O–H groups in total. The van der Waals surface area contributed by atoms with Gasteiger partial charge < -0.3 is 20.7 Å². The summed E-state index contributed by atoms with van der Waals surface area (Å²) in [5.74, 6) is 1.20. The first kappa shape index (κ1) is 18.1. The summed E-state index contributed by atoms with van der Waals surface area (Å²) >= 11 is 0. The van der Waals surface area contributed by atoms with Gasteiger partial charge in [-0.05, 0) is 24.5 Å². The van der Waals surface area contributed by atoms with Crippen LogP contribution in [0.2, 0.25) is 0 Å². The van der Waals surface area contributed by atoms with E-state index in [4.69, 9.17) is 10.5 Å². The van der Waals surface area contributed by atoms with Gasteiger partial charge in [-0.1, -0.05) is 24.3 Å². The van der Waals surface area contributed by atoms with Gasteiger partial charge in [-0.25, -0.2) is 9.97 Å². The Morgan fingerprint density at radius 3 is 2.92 bits per heavy atom. The summed E-state index contributed by atoms with van der Waals surface area (Å²) in [4.78, 5) is 22.7. The Kier molecular flexibility index (Phi) is 5.68. The number of anilines is 2. The molecule has 0 radical (unpaired) electrons. The summed E-state index contributed by atoms with van der Waals surface area (Å²) in [6, 6.07) is 9.80. The second kappa shape index (κ2) is 8.14. The molecule has 0 saturated carbocycles. The van der Waals surface area contributed by atoms with Crippen LogP contribution in [0.5, 0.6) is 0 Å². The molecule has 26 heavy (non-hydrogen) atoms. The van der Waals surface area contributed by atoms with Gasteiger partial charge in [-0.15, -0.1) is 0 Å². The zero-order chi connectivity index (χ0) is 18.5. The molecule has 1 amide bonds. The molecule has 138 valence electrons. The van der Waals surface area contributed by atoms with Crippen LogP contribution in [0.15, 0.2) is 36.7 Å². The van der Waals surface area contributed by atoms with E-state index in [1.54, 1.807) is 13.2 Å². The van der Waals surface area contributed by atoms with Crippen LogP contribution in [-0.2, 0) is 16.0 Å². The number of rotatable bonds is 6. The van der Waals surface area contributed by atoms with E-state index in [0.29, 0.717) is 25.3 Å². The number of nitrogens with zero attached hydrogens (tertiary/aromatic N) is 3. The Morgan fingerprint density at radius 2 is 2.19 bits per heavy atom. The van der Waals surface area contributed by atoms with E-state index in [-0.39, 0.29) is 18.1 Å². The lowest BCUT2D eigenvalue weighted by molar-refractivity contribution is -0.120. The van der Waals surface area contributed by atoms with E-state index in [0.717, 1.165) is 23.4 Å². The van der Waals surface area contributed by atoms with E-state index in [9.17, 15) is 4.79 Å². The van der Waals surface area contributed by atoms with Crippen LogP contribution in [-0.4, -0.2) is 48.2 Å². The van der Waals surface area contributed by atoms with Crippen LogP contribution in [0.1, 0.15) is 17.5 Å². The Balaban J connectivity index is 1.63. The van der Waals surface area contributed by atoms with Crippen molar-refractivity contribution in [2.75, 3.05) is 30.8 Å². The number of nitrogens with two attached hydrogens (primary N) is 1. The van der Waals surface area contributed by atoms with Gasteiger partial charge in [0.25, 0.3) is 0 Å². The lowest BCUT2D eigenvalue weighted by Crippen LogP contribution is -2.41. The SMILES string of the molecule is CO[C@@H]1C[C@H](CNC(=O)Cc2ccccc2C)N(c2cc(N)ncn2)C1. The van der Waals surface area contributed by atoms with Crippen LogP contribution < -0.4 is 16.0 Å². The van der Waals surface area contributed by atoms with E-state index in [2.05, 4.69) is 20.2 Å². The minimum Gasteiger partial charge on any atom is -0.384 e. The molecule has 0 bridgehead atoms. The largest absolute Gasteiger partial charge is 0.384 e. The highest BCUT2D eigenvalue weighted by Gasteiger charge is 2.33. The van der Waals surface area contributed by atoms with E-state index in [1.807, 2.05) is 31.2 Å². The molecule has 2 aromatic rings. The number of ether oxygens (including phenoxy) is 1. The quantitative estimate of drug-likeness (QED) is 0.812. The van der Waals surface area contributed by atoms with Crippen LogP contribution in [0.25, 0.3) is 0 Å². The molecule has 1 saturated heterocycles. The Hall–Kier alpha value is -2.67. The summed E-state index contributed by atoms with van der Waals surface area (Å²) in [6.45, 7) is 3.27. The number of carbonyl (C=O) groups excluding carboxylic acids is 1. The smallest absolute Gasteiger partial charge is 0.224 e. The van der Waals surface area contributed by atoms with Crippen molar-refractivity contribution in [2.24, 2.45) is 0 Å². The van der Waals surface area contributed by atoms with Crippen molar-refractivity contribution < 1.29 is 9.53 Å². The van der Waals surface area contributed by atoms with Crippen molar-refractivity contribution in [1.82, 2.24) is 15.3 Å². The molecule has 0 aliphatic carbocycles. The summed E-state index contributed by atoms with van der Waals surface area (Å²) in [6.07, 6.45) is 2.77. The molecule has 2 atom stereocenters. The van der Waals surface area contributed by atoms with E-state index >= 15 is 0 Å². The van der Waals surface area contributed by atoms with Crippen molar-refractivity contribution in [1.29, 1.82) is 0 Å². The molecule has 1 aliphatic rings. The summed E-state index contributed by atoms with van der Waals surface area (Å²) in [5.41, 5.74) is 7.96. The molecule has 7 heteroatoms. The average molecular weight is 355 g/mol. The maximum Gasteiger partial charge on any atom is 0.224 e. The topological polar surface area (TPSA) is 93.4 Å². The minimum absolute atomic E-state index is 0.0160. The van der Waals surface area contributed by atoms with Crippen molar-refractivity contribution in [3.05, 3.63) is 47.8 Å². The highest BCUT2D eigenvalue weighted by Crippen LogP contribution is 2.25. The van der Waals surface area contributed by atoms with Crippen molar-refractivity contribution in [3.63, 3.8) is 0 Å². The molecule has 3 rings (SSSR count). The van der Waals surface area contributed by atoms with Crippen molar-refractivity contribution in [3.8, 4) is 0 Å². The second-order valence-electron chi connectivity index (χ2n) is 6.61. The molecule has 0 unspecified atom stereocenters. The van der Waals surface area contributed by atoms with Gasteiger partial charge in [0, 0.05) is 26.3 Å². The van der Waals surface area contributed by atoms with Gasteiger partial charge in [-0.2, -0.15) is 0 Å². The third kappa shape index (κ3) is 4.29. The molecular weight excluding hydrogens is 330 g/mol. The number of methoxy groups -OCH3 is 1. The van der Waals surface area contributed by atoms with Crippen molar-refractivity contribution >= 4 is 17.5 Å². The number of amides is 1. The zero-order valence-corrected chi connectivity index (χ0v) is 15.2. The number of aromatic nitrogens is 2. The van der Waals surface area contributed by atoms with Gasteiger partial charge in [0.15, 0.2) is 0 Å². The maximum absolute atomic E-state index is 12.4. The lowest BCUT2D eigenvalue weighted by Gasteiger charge is -2.25. The number of nitrogen functional groups attached to an aromatic ring is 1. The number of nitrogens with one attached hydrogen (secondary N) is 1. The van der Waals surface area contributed by atoms with Gasteiger partial charge in [0.2, 0.25) is 5.91 Å². The fourth-order valence-electron chi connectivity index (χ4n) is 3.31. The number of aryl methyl sites for hydroxylation is 1. The Morgan fingerprint density at radius 1 is 1.38 bits per heavy atom. The highest BCUT2D eigenvalue weighted by atomic mass is 16.5. The second-order valence-corrected chi connectivity index (χ2v) is 6.61. The molecular formula is C19H25N5O2. The molecule has 7 nitrogen and oxygen atoms in total. The molecule has 0 spiro atoms. The third-order valence-electron chi connectivity index (χ3n) is 4.82. The maximum atomic E-state index is 12.4. The minimum atomic E-state index is 0.0160. The first-order valence-electron chi connectivity index (χ1n) is 8.75. The molecule has 1 fully saturated rings.